The molecule has 1 fully saturated rings. The van der Waals surface area contributed by atoms with Gasteiger partial charge in [-0.2, -0.15) is 0 Å². The van der Waals surface area contributed by atoms with E-state index >= 15 is 0 Å². The summed E-state index contributed by atoms with van der Waals surface area (Å²) in [6.07, 6.45) is 1.93. The highest BCUT2D eigenvalue weighted by Gasteiger charge is 2.32. The fourth-order valence-corrected chi connectivity index (χ4v) is 3.65. The largest absolute Gasteiger partial charge is 0.493 e. The third-order valence-electron chi connectivity index (χ3n) is 5.69. The van der Waals surface area contributed by atoms with Crippen molar-refractivity contribution in [2.24, 2.45) is 11.8 Å². The molecule has 1 aromatic rings. The number of hydrogen-bond acceptors (Lipinski definition) is 7. The predicted molar refractivity (Wildman–Crippen MR) is 110 cm³/mol. The van der Waals surface area contributed by atoms with Crippen molar-refractivity contribution in [1.82, 2.24) is 5.32 Å². The van der Waals surface area contributed by atoms with Crippen LogP contribution >= 0.6 is 0 Å². The highest BCUT2D eigenvalue weighted by Crippen LogP contribution is 2.35. The minimum Gasteiger partial charge on any atom is -0.493 e. The van der Waals surface area contributed by atoms with Gasteiger partial charge in [-0.05, 0) is 32.1 Å². The Balaban J connectivity index is 2.16. The Morgan fingerprint density at radius 3 is 2.57 bits per heavy atom. The van der Waals surface area contributed by atoms with Crippen LogP contribution in [0.3, 0.4) is 0 Å². The Labute approximate surface area is 176 Å². The zero-order valence-corrected chi connectivity index (χ0v) is 18.1. The number of esters is 1. The molecule has 1 aromatic carbocycles. The number of nitro benzene ring substituents is 1. The molecule has 0 saturated heterocycles. The topological polar surface area (TPSA) is 117 Å². The van der Waals surface area contributed by atoms with Crippen LogP contribution in [0.2, 0.25) is 0 Å². The predicted octanol–water partition coefficient (Wildman–Crippen LogP) is 3.49. The number of hydrogen-bond donors (Lipinski definition) is 1. The van der Waals surface area contributed by atoms with E-state index in [-0.39, 0.29) is 29.7 Å². The first-order valence-corrected chi connectivity index (χ1v) is 10.2. The molecule has 0 bridgehead atoms. The zero-order chi connectivity index (χ0) is 22.4. The van der Waals surface area contributed by atoms with Gasteiger partial charge >= 0.3 is 5.97 Å². The van der Waals surface area contributed by atoms with E-state index in [1.165, 1.54) is 20.1 Å². The second kappa shape index (κ2) is 10.3. The van der Waals surface area contributed by atoms with Gasteiger partial charge in [0, 0.05) is 12.1 Å². The highest BCUT2D eigenvalue weighted by molar-refractivity contribution is 5.96. The van der Waals surface area contributed by atoms with E-state index < -0.39 is 28.6 Å². The Morgan fingerprint density at radius 2 is 1.97 bits per heavy atom. The number of ether oxygens (including phenoxy) is 3. The Kier molecular flexibility index (Phi) is 8.02. The van der Waals surface area contributed by atoms with Crippen LogP contribution < -0.4 is 14.8 Å². The first-order chi connectivity index (χ1) is 14.2. The summed E-state index contributed by atoms with van der Waals surface area (Å²) in [5.74, 6) is -0.262. The van der Waals surface area contributed by atoms with Gasteiger partial charge in [0.1, 0.15) is 5.56 Å². The van der Waals surface area contributed by atoms with Crippen molar-refractivity contribution in [3.05, 3.63) is 27.8 Å². The van der Waals surface area contributed by atoms with Crippen LogP contribution in [-0.4, -0.2) is 42.7 Å². The third-order valence-corrected chi connectivity index (χ3v) is 5.69. The summed E-state index contributed by atoms with van der Waals surface area (Å²) in [7, 11) is 1.35. The average molecular weight is 422 g/mol. The van der Waals surface area contributed by atoms with Gasteiger partial charge in [0.05, 0.1) is 24.7 Å². The van der Waals surface area contributed by atoms with Crippen LogP contribution in [0.4, 0.5) is 5.69 Å². The van der Waals surface area contributed by atoms with Crippen molar-refractivity contribution in [2.75, 3.05) is 13.7 Å². The normalized spacial score (nSPS) is 22.0. The molecule has 0 radical (unpaired) electrons. The van der Waals surface area contributed by atoms with Gasteiger partial charge in [-0.15, -0.1) is 0 Å². The number of amides is 1. The summed E-state index contributed by atoms with van der Waals surface area (Å²) in [5.41, 5.74) is -0.786. The number of methoxy groups -OCH3 is 1. The van der Waals surface area contributed by atoms with Crippen molar-refractivity contribution in [1.29, 1.82) is 0 Å². The second-order valence-corrected chi connectivity index (χ2v) is 7.64. The first kappa shape index (κ1) is 23.4. The molecule has 9 heteroatoms. The van der Waals surface area contributed by atoms with Crippen molar-refractivity contribution < 1.29 is 28.7 Å². The summed E-state index contributed by atoms with van der Waals surface area (Å²) >= 11 is 0. The van der Waals surface area contributed by atoms with Crippen LogP contribution in [0.1, 0.15) is 57.3 Å². The summed E-state index contributed by atoms with van der Waals surface area (Å²) in [4.78, 5) is 35.9. The van der Waals surface area contributed by atoms with Crippen molar-refractivity contribution in [3.8, 4) is 11.5 Å². The van der Waals surface area contributed by atoms with E-state index in [4.69, 9.17) is 14.2 Å². The molecular formula is C21H30N2O7. The summed E-state index contributed by atoms with van der Waals surface area (Å²) in [6.45, 7) is 7.72. The highest BCUT2D eigenvalue weighted by atomic mass is 16.6. The van der Waals surface area contributed by atoms with Crippen molar-refractivity contribution >= 4 is 17.6 Å². The van der Waals surface area contributed by atoms with E-state index in [9.17, 15) is 19.7 Å². The molecule has 0 aromatic heterocycles. The monoisotopic (exact) mass is 422 g/mol. The quantitative estimate of drug-likeness (QED) is 0.387. The lowest BCUT2D eigenvalue weighted by molar-refractivity contribution is -0.385. The standard InChI is InChI=1S/C21H30N2O7/c1-6-29-19-10-15(17(23(26)27)11-18(19)28-5)21(25)30-14(4)20(24)22-16-9-7-8-12(2)13(16)3/h10-14,16H,6-9H2,1-5H3,(H,22,24)/t12-,13-,14+,16-/m0/s1. The lowest BCUT2D eigenvalue weighted by Crippen LogP contribution is -2.47. The number of carbonyl (C=O) groups excluding carboxylic acids is 2. The molecule has 1 saturated carbocycles. The fraction of sp³-hybridized carbons (Fsp3) is 0.619. The van der Waals surface area contributed by atoms with Gasteiger partial charge in [0.2, 0.25) is 0 Å². The van der Waals surface area contributed by atoms with Gasteiger partial charge in [-0.25, -0.2) is 4.79 Å². The molecule has 0 unspecified atom stereocenters. The molecule has 2 rings (SSSR count). The van der Waals surface area contributed by atoms with E-state index in [0.29, 0.717) is 11.8 Å². The van der Waals surface area contributed by atoms with Gasteiger partial charge in [-0.1, -0.05) is 26.7 Å². The van der Waals surface area contributed by atoms with Crippen molar-refractivity contribution in [2.45, 2.75) is 59.1 Å². The number of nitrogens with one attached hydrogen (secondary N) is 1. The molecule has 1 N–H and O–H groups in total. The number of benzene rings is 1. The number of nitro groups is 1. The SMILES string of the molecule is CCOc1cc(C(=O)O[C@H](C)C(=O)N[C@H]2CCC[C@H](C)[C@@H]2C)c([N+](=O)[O-])cc1OC. The molecule has 1 amide bonds. The molecule has 4 atom stereocenters. The van der Waals surface area contributed by atoms with Crippen LogP contribution in [0.15, 0.2) is 12.1 Å². The van der Waals surface area contributed by atoms with Crippen LogP contribution in [0.25, 0.3) is 0 Å². The maximum Gasteiger partial charge on any atom is 0.346 e. The number of carbonyl (C=O) groups is 2. The lowest BCUT2D eigenvalue weighted by atomic mass is 9.78. The Bertz CT molecular complexity index is 796. The van der Waals surface area contributed by atoms with E-state index in [2.05, 4.69) is 19.2 Å². The third kappa shape index (κ3) is 5.40. The summed E-state index contributed by atoms with van der Waals surface area (Å²) in [5, 5.41) is 14.4. The molecule has 0 heterocycles. The maximum atomic E-state index is 12.6. The molecule has 30 heavy (non-hydrogen) atoms. The molecule has 0 aliphatic heterocycles. The Morgan fingerprint density at radius 1 is 1.27 bits per heavy atom. The molecule has 1 aliphatic carbocycles. The molecule has 1 aliphatic rings. The molecule has 166 valence electrons. The minimum absolute atomic E-state index is 0.0160. The van der Waals surface area contributed by atoms with E-state index in [1.54, 1.807) is 6.92 Å². The van der Waals surface area contributed by atoms with Crippen molar-refractivity contribution in [3.63, 3.8) is 0 Å². The number of nitrogens with zero attached hydrogens (tertiary/aromatic N) is 1. The maximum absolute atomic E-state index is 12.6. The second-order valence-electron chi connectivity index (χ2n) is 7.64. The van der Waals surface area contributed by atoms with Gasteiger partial charge in [0.15, 0.2) is 17.6 Å². The lowest BCUT2D eigenvalue weighted by Gasteiger charge is -2.35. The summed E-state index contributed by atoms with van der Waals surface area (Å²) < 4.78 is 15.7. The van der Waals surface area contributed by atoms with E-state index in [0.717, 1.165) is 25.3 Å². The summed E-state index contributed by atoms with van der Waals surface area (Å²) in [6, 6.07) is 2.33. The molecule has 0 spiro atoms. The van der Waals surface area contributed by atoms with E-state index in [1.807, 2.05) is 0 Å². The van der Waals surface area contributed by atoms with Crippen LogP contribution in [-0.2, 0) is 9.53 Å². The van der Waals surface area contributed by atoms with Crippen LogP contribution in [0.5, 0.6) is 11.5 Å². The number of rotatable bonds is 8. The minimum atomic E-state index is -1.10. The molecular weight excluding hydrogens is 392 g/mol. The zero-order valence-electron chi connectivity index (χ0n) is 18.1. The average Bonchev–Trinajstić information content (AvgIpc) is 2.70. The Hall–Kier alpha value is -2.84. The first-order valence-electron chi connectivity index (χ1n) is 10.2. The fourth-order valence-electron chi connectivity index (χ4n) is 3.65. The van der Waals surface area contributed by atoms with Crippen LogP contribution in [0, 0.1) is 22.0 Å². The van der Waals surface area contributed by atoms with Gasteiger partial charge in [0.25, 0.3) is 11.6 Å². The molecule has 9 nitrogen and oxygen atoms in total. The van der Waals surface area contributed by atoms with Gasteiger partial charge in [-0.3, -0.25) is 14.9 Å². The van der Waals surface area contributed by atoms with Gasteiger partial charge < -0.3 is 19.5 Å². The smallest absolute Gasteiger partial charge is 0.346 e.